The Labute approximate surface area is 128 Å². The number of likely N-dealkylation sites (tertiary alicyclic amines) is 1. The van der Waals surface area contributed by atoms with E-state index in [2.05, 4.69) is 34.0 Å². The maximum Gasteiger partial charge on any atom is 0.217 e. The molecule has 1 saturated heterocycles. The molecule has 1 amide bonds. The van der Waals surface area contributed by atoms with Gasteiger partial charge in [0.15, 0.2) is 5.96 Å². The minimum Gasteiger partial charge on any atom is -0.370 e. The van der Waals surface area contributed by atoms with Crippen LogP contribution in [0.4, 0.5) is 0 Å². The lowest BCUT2D eigenvalue weighted by atomic mass is 9.95. The summed E-state index contributed by atoms with van der Waals surface area (Å²) in [4.78, 5) is 20.1. The van der Waals surface area contributed by atoms with Gasteiger partial charge in [0.25, 0.3) is 0 Å². The van der Waals surface area contributed by atoms with Crippen LogP contribution in [0.3, 0.4) is 0 Å². The fourth-order valence-corrected chi connectivity index (χ4v) is 2.91. The minimum atomic E-state index is -0.202. The molecule has 1 heterocycles. The quantitative estimate of drug-likeness (QED) is 0.530. The number of likely N-dealkylation sites (N-methyl/N-ethyl adjacent to an activating group) is 1. The first-order chi connectivity index (χ1) is 10.1. The zero-order valence-corrected chi connectivity index (χ0v) is 13.8. The van der Waals surface area contributed by atoms with Crippen LogP contribution in [-0.4, -0.2) is 68.0 Å². The third kappa shape index (κ3) is 6.33. The maximum atomic E-state index is 11.1. The van der Waals surface area contributed by atoms with Gasteiger partial charge in [-0.15, -0.1) is 0 Å². The van der Waals surface area contributed by atoms with Gasteiger partial charge in [0.1, 0.15) is 0 Å². The topological polar surface area (TPSA) is 74.0 Å². The highest BCUT2D eigenvalue weighted by molar-refractivity contribution is 5.80. The molecule has 0 radical (unpaired) electrons. The van der Waals surface area contributed by atoms with Gasteiger partial charge in [-0.3, -0.25) is 9.79 Å². The van der Waals surface area contributed by atoms with E-state index in [-0.39, 0.29) is 5.91 Å². The van der Waals surface area contributed by atoms with Gasteiger partial charge in [0.05, 0.1) is 0 Å². The number of hydrogen-bond donors (Lipinski definition) is 2. The van der Waals surface area contributed by atoms with Crippen molar-refractivity contribution in [3.63, 3.8) is 0 Å². The zero-order chi connectivity index (χ0) is 15.7. The van der Waals surface area contributed by atoms with Gasteiger partial charge >= 0.3 is 0 Å². The largest absolute Gasteiger partial charge is 0.370 e. The van der Waals surface area contributed by atoms with E-state index in [9.17, 15) is 4.79 Å². The Morgan fingerprint density at radius 1 is 1.43 bits per heavy atom. The molecule has 6 nitrogen and oxygen atoms in total. The Balaban J connectivity index is 2.42. The lowest BCUT2D eigenvalue weighted by molar-refractivity contribution is -0.119. The number of rotatable bonds is 7. The molecule has 0 aromatic rings. The predicted molar refractivity (Wildman–Crippen MR) is 87.3 cm³/mol. The Morgan fingerprint density at radius 2 is 2.14 bits per heavy atom. The molecule has 1 rings (SSSR count). The Hall–Kier alpha value is -1.30. The second kappa shape index (κ2) is 9.60. The molecule has 3 N–H and O–H groups in total. The number of nitrogens with zero attached hydrogens (tertiary/aromatic N) is 3. The van der Waals surface area contributed by atoms with Gasteiger partial charge in [0.2, 0.25) is 5.91 Å². The van der Waals surface area contributed by atoms with Crippen LogP contribution < -0.4 is 11.1 Å². The van der Waals surface area contributed by atoms with Crippen LogP contribution in [-0.2, 0) is 4.79 Å². The molecule has 1 aliphatic heterocycles. The second-order valence-corrected chi connectivity index (χ2v) is 5.63. The maximum absolute atomic E-state index is 11.1. The number of primary amides is 1. The third-order valence-electron chi connectivity index (χ3n) is 4.13. The number of nitrogens with one attached hydrogen (secondary N) is 1. The van der Waals surface area contributed by atoms with Crippen LogP contribution in [0.2, 0.25) is 0 Å². The summed E-state index contributed by atoms with van der Waals surface area (Å²) in [5.41, 5.74) is 5.31. The van der Waals surface area contributed by atoms with Crippen molar-refractivity contribution in [3.05, 3.63) is 0 Å². The van der Waals surface area contributed by atoms with E-state index < -0.39 is 0 Å². The summed E-state index contributed by atoms with van der Waals surface area (Å²) in [5.74, 6) is 1.10. The fraction of sp³-hybridized carbons (Fsp3) is 0.867. The number of aliphatic imine (C=N–C) groups is 1. The number of piperidine rings is 1. The van der Waals surface area contributed by atoms with Crippen molar-refractivity contribution in [3.8, 4) is 0 Å². The van der Waals surface area contributed by atoms with Crippen molar-refractivity contribution < 1.29 is 4.79 Å². The molecule has 122 valence electrons. The van der Waals surface area contributed by atoms with E-state index in [1.165, 1.54) is 0 Å². The van der Waals surface area contributed by atoms with Crippen molar-refractivity contribution >= 4 is 11.9 Å². The Morgan fingerprint density at radius 3 is 2.71 bits per heavy atom. The molecular formula is C15H31N5O. The molecule has 0 aliphatic carbocycles. The number of carbonyl (C=O) groups is 1. The Kier molecular flexibility index (Phi) is 8.12. The third-order valence-corrected chi connectivity index (χ3v) is 4.13. The van der Waals surface area contributed by atoms with Crippen molar-refractivity contribution in [1.29, 1.82) is 0 Å². The number of guanidine groups is 1. The first-order valence-electron chi connectivity index (χ1n) is 8.06. The molecule has 0 spiro atoms. The van der Waals surface area contributed by atoms with E-state index in [4.69, 9.17) is 5.73 Å². The summed E-state index contributed by atoms with van der Waals surface area (Å²) in [5, 5.41) is 3.43. The molecule has 0 aromatic heterocycles. The first-order valence-corrected chi connectivity index (χ1v) is 8.06. The normalized spacial score (nSPS) is 19.9. The summed E-state index contributed by atoms with van der Waals surface area (Å²) < 4.78 is 0. The number of carbonyl (C=O) groups excluding carboxylic acids is 1. The molecule has 21 heavy (non-hydrogen) atoms. The van der Waals surface area contributed by atoms with E-state index in [0.717, 1.165) is 58.1 Å². The smallest absolute Gasteiger partial charge is 0.217 e. The fourth-order valence-electron chi connectivity index (χ4n) is 2.91. The van der Waals surface area contributed by atoms with Crippen LogP contribution in [0.15, 0.2) is 4.99 Å². The number of amides is 1. The van der Waals surface area contributed by atoms with Crippen LogP contribution in [0.25, 0.3) is 0 Å². The summed E-state index contributed by atoms with van der Waals surface area (Å²) in [6.07, 6.45) is 2.65. The molecule has 1 unspecified atom stereocenters. The highest BCUT2D eigenvalue weighted by Gasteiger charge is 2.23. The van der Waals surface area contributed by atoms with Crippen molar-refractivity contribution in [1.82, 2.24) is 15.1 Å². The van der Waals surface area contributed by atoms with Gasteiger partial charge in [-0.25, -0.2) is 0 Å². The first kappa shape index (κ1) is 17.8. The summed E-state index contributed by atoms with van der Waals surface area (Å²) in [6.45, 7) is 10.3. The van der Waals surface area contributed by atoms with Crippen molar-refractivity contribution in [2.75, 3.05) is 46.3 Å². The van der Waals surface area contributed by atoms with Crippen LogP contribution in [0, 0.1) is 5.92 Å². The van der Waals surface area contributed by atoms with E-state index >= 15 is 0 Å². The minimum absolute atomic E-state index is 0.202. The van der Waals surface area contributed by atoms with Crippen LogP contribution in [0.1, 0.15) is 33.1 Å². The molecule has 0 saturated carbocycles. The Bertz CT molecular complexity index is 341. The molecule has 6 heteroatoms. The van der Waals surface area contributed by atoms with Gasteiger partial charge in [-0.2, -0.15) is 0 Å². The van der Waals surface area contributed by atoms with Crippen molar-refractivity contribution in [2.24, 2.45) is 16.6 Å². The molecule has 1 fully saturated rings. The van der Waals surface area contributed by atoms with E-state index in [0.29, 0.717) is 12.3 Å². The molecule has 0 aromatic carbocycles. The highest BCUT2D eigenvalue weighted by atomic mass is 16.1. The second-order valence-electron chi connectivity index (χ2n) is 5.63. The SMILES string of the molecule is CCN(CC)CCNC(=NC)N1CCCC(CC(N)=O)C1. The molecular weight excluding hydrogens is 266 g/mol. The average molecular weight is 297 g/mol. The standard InChI is InChI=1S/C15H31N5O/c1-4-19(5-2)10-8-18-15(17-3)20-9-6-7-13(12-20)11-14(16)21/h13H,4-12H2,1-3H3,(H2,16,21)(H,17,18). The van der Waals surface area contributed by atoms with Gasteiger partial charge in [0, 0.05) is 39.6 Å². The van der Waals surface area contributed by atoms with Crippen molar-refractivity contribution in [2.45, 2.75) is 33.1 Å². The number of hydrogen-bond acceptors (Lipinski definition) is 3. The van der Waals surface area contributed by atoms with E-state index in [1.807, 2.05) is 7.05 Å². The molecule has 0 bridgehead atoms. The van der Waals surface area contributed by atoms with Gasteiger partial charge in [-0.1, -0.05) is 13.8 Å². The summed E-state index contributed by atoms with van der Waals surface area (Å²) in [7, 11) is 1.82. The average Bonchev–Trinajstić information content (AvgIpc) is 2.47. The number of nitrogens with two attached hydrogens (primary N) is 1. The lowest BCUT2D eigenvalue weighted by Gasteiger charge is -2.35. The van der Waals surface area contributed by atoms with Crippen LogP contribution in [0.5, 0.6) is 0 Å². The monoisotopic (exact) mass is 297 g/mol. The summed E-state index contributed by atoms with van der Waals surface area (Å²) in [6, 6.07) is 0. The molecule has 1 atom stereocenters. The lowest BCUT2D eigenvalue weighted by Crippen LogP contribution is -2.48. The predicted octanol–water partition coefficient (Wildman–Crippen LogP) is 0.491. The van der Waals surface area contributed by atoms with Gasteiger partial charge < -0.3 is 20.9 Å². The van der Waals surface area contributed by atoms with Crippen LogP contribution >= 0.6 is 0 Å². The zero-order valence-electron chi connectivity index (χ0n) is 13.8. The molecule has 1 aliphatic rings. The summed E-state index contributed by atoms with van der Waals surface area (Å²) >= 11 is 0. The highest BCUT2D eigenvalue weighted by Crippen LogP contribution is 2.19. The van der Waals surface area contributed by atoms with Gasteiger partial charge in [-0.05, 0) is 31.8 Å². The van der Waals surface area contributed by atoms with E-state index in [1.54, 1.807) is 0 Å².